The van der Waals surface area contributed by atoms with Gasteiger partial charge in [0.05, 0.1) is 0 Å². The second-order valence-electron chi connectivity index (χ2n) is 4.28. The third-order valence-electron chi connectivity index (χ3n) is 2.83. The van der Waals surface area contributed by atoms with Gasteiger partial charge in [-0.15, -0.1) is 11.3 Å². The van der Waals surface area contributed by atoms with E-state index in [1.165, 1.54) is 29.7 Å². The molecule has 1 atom stereocenters. The highest BCUT2D eigenvalue weighted by Gasteiger charge is 2.41. The summed E-state index contributed by atoms with van der Waals surface area (Å²) in [4.78, 5) is 16.1. The van der Waals surface area contributed by atoms with Gasteiger partial charge in [-0.1, -0.05) is 18.2 Å². The Kier molecular flexibility index (Phi) is 3.59. The number of Topliss-reactive ketones (excluding diaryl/α,β-unsaturated/α-hetero) is 1. The minimum absolute atomic E-state index is 0.0826. The van der Waals surface area contributed by atoms with Crippen LogP contribution in [-0.4, -0.2) is 19.2 Å². The predicted molar refractivity (Wildman–Crippen MR) is 76.9 cm³/mol. The Bertz CT molecular complexity index is 829. The Hall–Kier alpha value is -2.39. The largest absolute Gasteiger partial charge is 0.457 e. The average molecular weight is 338 g/mol. The first-order valence-corrected chi connectivity index (χ1v) is 8.37. The summed E-state index contributed by atoms with van der Waals surface area (Å²) in [6, 6.07) is 7.45. The van der Waals surface area contributed by atoms with E-state index in [0.29, 0.717) is 5.01 Å². The van der Waals surface area contributed by atoms with E-state index in [1.807, 2.05) is 0 Å². The quantitative estimate of drug-likeness (QED) is 0.837. The third-order valence-corrected chi connectivity index (χ3v) is 4.89. The first kappa shape index (κ1) is 14.5. The molecule has 0 spiro atoms. The van der Waals surface area contributed by atoms with Gasteiger partial charge in [-0.25, -0.2) is 4.98 Å². The van der Waals surface area contributed by atoms with Gasteiger partial charge in [0, 0.05) is 11.6 Å². The molecule has 0 radical (unpaired) electrons. The van der Waals surface area contributed by atoms with Crippen LogP contribution < -0.4 is 5.73 Å². The molecule has 1 unspecified atom stereocenters. The Morgan fingerprint density at radius 2 is 2.00 bits per heavy atom. The number of ether oxygens (including phenoxy) is 1. The van der Waals surface area contributed by atoms with Crippen molar-refractivity contribution in [3.05, 3.63) is 58.6 Å². The number of hydrogen-bond acceptors (Lipinski definition) is 8. The minimum atomic E-state index is -4.16. The highest BCUT2D eigenvalue weighted by Crippen LogP contribution is 2.33. The molecule has 0 aliphatic carbocycles. The zero-order chi connectivity index (χ0) is 15.7. The fourth-order valence-electron chi connectivity index (χ4n) is 1.83. The van der Waals surface area contributed by atoms with Gasteiger partial charge in [-0.05, 0) is 12.1 Å². The van der Waals surface area contributed by atoms with Gasteiger partial charge >= 0.3 is 10.1 Å². The molecule has 3 rings (SSSR count). The molecule has 0 fully saturated rings. The molecule has 22 heavy (non-hydrogen) atoms. The summed E-state index contributed by atoms with van der Waals surface area (Å²) in [7, 11) is -4.16. The van der Waals surface area contributed by atoms with E-state index in [2.05, 4.69) is 4.98 Å². The zero-order valence-electron chi connectivity index (χ0n) is 11.0. The van der Waals surface area contributed by atoms with Crippen LogP contribution in [0.4, 0.5) is 0 Å². The number of hydrogen-bond donors (Lipinski definition) is 1. The molecule has 0 saturated carbocycles. The van der Waals surface area contributed by atoms with Crippen molar-refractivity contribution in [3.8, 4) is 0 Å². The second kappa shape index (κ2) is 5.43. The Morgan fingerprint density at radius 3 is 2.64 bits per heavy atom. The highest BCUT2D eigenvalue weighted by atomic mass is 32.2. The number of nitrogens with zero attached hydrogens (tertiary/aromatic N) is 1. The number of thiazole rings is 1. The lowest BCUT2D eigenvalue weighted by Gasteiger charge is -2.06. The van der Waals surface area contributed by atoms with Crippen LogP contribution in [0, 0.1) is 0 Å². The summed E-state index contributed by atoms with van der Waals surface area (Å²) >= 11 is 1.20. The zero-order valence-corrected chi connectivity index (χ0v) is 12.6. The first-order valence-electron chi connectivity index (χ1n) is 6.08. The molecule has 0 bridgehead atoms. The number of benzene rings is 1. The number of rotatable bonds is 4. The molecule has 2 N–H and O–H groups in total. The van der Waals surface area contributed by atoms with Crippen LogP contribution in [0.2, 0.25) is 0 Å². The van der Waals surface area contributed by atoms with E-state index < -0.39 is 27.8 Å². The Morgan fingerprint density at radius 1 is 1.27 bits per heavy atom. The van der Waals surface area contributed by atoms with Gasteiger partial charge < -0.3 is 14.7 Å². The van der Waals surface area contributed by atoms with Gasteiger partial charge in [0.25, 0.3) is 5.78 Å². The molecule has 0 amide bonds. The summed E-state index contributed by atoms with van der Waals surface area (Å²) < 4.78 is 34.3. The second-order valence-corrected chi connectivity index (χ2v) is 6.75. The number of nitrogens with two attached hydrogens (primary N) is 1. The van der Waals surface area contributed by atoms with Gasteiger partial charge in [0.15, 0.2) is 0 Å². The number of carbonyl (C=O) groups is 1. The van der Waals surface area contributed by atoms with Crippen molar-refractivity contribution in [3.63, 3.8) is 0 Å². The summed E-state index contributed by atoms with van der Waals surface area (Å²) in [6.45, 7) is 0. The van der Waals surface area contributed by atoms with Crippen LogP contribution in [0.3, 0.4) is 0 Å². The molecule has 1 aromatic heterocycles. The number of ketones is 1. The van der Waals surface area contributed by atoms with E-state index in [1.54, 1.807) is 23.6 Å². The lowest BCUT2D eigenvalue weighted by Crippen LogP contribution is -2.15. The molecule has 2 aromatic rings. The van der Waals surface area contributed by atoms with Crippen LogP contribution in [0.1, 0.15) is 11.1 Å². The normalized spacial score (nSPS) is 18.4. The summed E-state index contributed by atoms with van der Waals surface area (Å²) in [5, 5.41) is 2.05. The van der Waals surface area contributed by atoms with Gasteiger partial charge in [0.2, 0.25) is 17.7 Å². The monoisotopic (exact) mass is 338 g/mol. The van der Waals surface area contributed by atoms with Crippen molar-refractivity contribution >= 4 is 27.2 Å². The molecule has 0 saturated heterocycles. The standard InChI is InChI=1S/C13H10N2O5S2/c14-12-10(9(16)11(19-12)13-15-6-7-21-13)20-22(17,18)8-4-2-1-3-5-8/h1-7,11H,14H2. The number of aromatic nitrogens is 1. The van der Waals surface area contributed by atoms with Crippen molar-refractivity contribution < 1.29 is 22.1 Å². The van der Waals surface area contributed by atoms with E-state index in [-0.39, 0.29) is 10.8 Å². The van der Waals surface area contributed by atoms with E-state index in [9.17, 15) is 13.2 Å². The van der Waals surface area contributed by atoms with E-state index >= 15 is 0 Å². The fraction of sp³-hybridized carbons (Fsp3) is 0.0769. The predicted octanol–water partition coefficient (Wildman–Crippen LogP) is 1.32. The van der Waals surface area contributed by atoms with Crippen molar-refractivity contribution in [2.45, 2.75) is 11.0 Å². The van der Waals surface area contributed by atoms with E-state index in [0.717, 1.165) is 0 Å². The molecule has 1 aliphatic rings. The van der Waals surface area contributed by atoms with Gasteiger partial charge in [-0.3, -0.25) is 4.79 Å². The molecule has 1 aromatic carbocycles. The summed E-state index contributed by atoms with van der Waals surface area (Å²) in [5.41, 5.74) is 5.58. The smallest absolute Gasteiger partial charge is 0.339 e. The van der Waals surface area contributed by atoms with Crippen LogP contribution in [0.25, 0.3) is 0 Å². The summed E-state index contributed by atoms with van der Waals surface area (Å²) in [6.07, 6.45) is 0.438. The molecule has 2 heterocycles. The Balaban J connectivity index is 1.87. The van der Waals surface area contributed by atoms with Crippen molar-refractivity contribution in [2.75, 3.05) is 0 Å². The van der Waals surface area contributed by atoms with Crippen molar-refractivity contribution in [1.82, 2.24) is 4.98 Å². The highest BCUT2D eigenvalue weighted by molar-refractivity contribution is 7.86. The fourth-order valence-corrected chi connectivity index (χ4v) is 3.46. The first-order chi connectivity index (χ1) is 10.5. The van der Waals surface area contributed by atoms with Crippen LogP contribution >= 0.6 is 11.3 Å². The molecule has 7 nitrogen and oxygen atoms in total. The van der Waals surface area contributed by atoms with Crippen molar-refractivity contribution in [1.29, 1.82) is 0 Å². The lowest BCUT2D eigenvalue weighted by atomic mass is 10.2. The average Bonchev–Trinajstić information content (AvgIpc) is 3.12. The maximum atomic E-state index is 12.2. The third kappa shape index (κ3) is 2.55. The lowest BCUT2D eigenvalue weighted by molar-refractivity contribution is -0.123. The van der Waals surface area contributed by atoms with E-state index in [4.69, 9.17) is 14.7 Å². The molecular formula is C13H10N2O5S2. The maximum absolute atomic E-state index is 12.2. The van der Waals surface area contributed by atoms with Crippen molar-refractivity contribution in [2.24, 2.45) is 5.73 Å². The van der Waals surface area contributed by atoms with Crippen LogP contribution in [0.5, 0.6) is 0 Å². The molecular weight excluding hydrogens is 328 g/mol. The van der Waals surface area contributed by atoms with Crippen LogP contribution in [0.15, 0.2) is 58.4 Å². The Labute approximate surface area is 130 Å². The topological polar surface area (TPSA) is 109 Å². The van der Waals surface area contributed by atoms with Gasteiger partial charge in [0.1, 0.15) is 9.90 Å². The molecule has 1 aliphatic heterocycles. The maximum Gasteiger partial charge on any atom is 0.339 e. The number of carbonyl (C=O) groups excluding carboxylic acids is 1. The summed E-state index contributed by atoms with van der Waals surface area (Å²) in [5.74, 6) is -1.57. The van der Waals surface area contributed by atoms with Gasteiger partial charge in [-0.2, -0.15) is 8.42 Å². The molecule has 9 heteroatoms. The van der Waals surface area contributed by atoms with Crippen LogP contribution in [-0.2, 0) is 23.8 Å². The molecule has 114 valence electrons. The SMILES string of the molecule is NC1=C(OS(=O)(=O)c2ccccc2)C(=O)C(c2nccs2)O1. The minimum Gasteiger partial charge on any atom is -0.457 e.